The quantitative estimate of drug-likeness (QED) is 0.294. The van der Waals surface area contributed by atoms with Crippen LogP contribution in [-0.4, -0.2) is 40.2 Å². The number of phenolic OH excluding ortho intramolecular Hbond substituents is 1. The van der Waals surface area contributed by atoms with Crippen LogP contribution >= 0.6 is 11.6 Å². The smallest absolute Gasteiger partial charge is 0.168 e. The maximum Gasteiger partial charge on any atom is 0.168 e. The van der Waals surface area contributed by atoms with Crippen LogP contribution in [0.25, 0.3) is 32.8 Å². The molecule has 2 saturated heterocycles. The molecule has 8 heteroatoms. The highest BCUT2D eigenvalue weighted by molar-refractivity contribution is 6.30. The molecular weight excluding hydrogens is 470 g/mol. The van der Waals surface area contributed by atoms with Crippen molar-refractivity contribution in [1.29, 1.82) is 0 Å². The molecule has 0 radical (unpaired) electrons. The van der Waals surface area contributed by atoms with Gasteiger partial charge in [0.1, 0.15) is 17.4 Å². The minimum Gasteiger partial charge on any atom is -0.508 e. The first-order valence-corrected chi connectivity index (χ1v) is 11.8. The van der Waals surface area contributed by atoms with Crippen molar-refractivity contribution in [2.45, 2.75) is 31.8 Å². The van der Waals surface area contributed by atoms with E-state index in [-0.39, 0.29) is 16.5 Å². The summed E-state index contributed by atoms with van der Waals surface area (Å²) in [7, 11) is 0. The zero-order valence-electron chi connectivity index (χ0n) is 18.9. The van der Waals surface area contributed by atoms with E-state index in [4.69, 9.17) is 23.0 Å². The first-order valence-electron chi connectivity index (χ1n) is 11.4. The Labute approximate surface area is 205 Å². The molecule has 2 atom stereocenters. The molecule has 2 aromatic carbocycles. The number of piperazine rings is 1. The second-order valence-corrected chi connectivity index (χ2v) is 9.62. The van der Waals surface area contributed by atoms with Gasteiger partial charge in [0.25, 0.3) is 0 Å². The van der Waals surface area contributed by atoms with E-state index in [1.165, 1.54) is 18.2 Å². The Morgan fingerprint density at radius 2 is 1.91 bits per heavy atom. The first kappa shape index (κ1) is 22.0. The van der Waals surface area contributed by atoms with Crippen molar-refractivity contribution in [3.63, 3.8) is 0 Å². The molecule has 0 amide bonds. The fraction of sp³-hybridized carbons (Fsp3) is 0.259. The number of anilines is 1. The van der Waals surface area contributed by atoms with Gasteiger partial charge >= 0.3 is 0 Å². The number of benzene rings is 2. The van der Waals surface area contributed by atoms with Gasteiger partial charge in [-0.05, 0) is 48.9 Å². The second-order valence-electron chi connectivity index (χ2n) is 9.26. The fourth-order valence-electron chi connectivity index (χ4n) is 5.59. The highest BCUT2D eigenvalue weighted by atomic mass is 35.5. The SMILES string of the molecule is C#Cc1c(F)ccc2cc(O)cc(-c3nc(N4CC5CCC(C4)N5)c4cnc(Cl)c(F)c4c3C)c12. The lowest BCUT2D eigenvalue weighted by Gasteiger charge is -2.35. The number of aromatic hydroxyl groups is 1. The largest absolute Gasteiger partial charge is 0.508 e. The maximum atomic E-state index is 15.5. The summed E-state index contributed by atoms with van der Waals surface area (Å²) in [5.41, 5.74) is 1.40. The second kappa shape index (κ2) is 8.04. The van der Waals surface area contributed by atoms with E-state index in [0.717, 1.165) is 25.9 Å². The van der Waals surface area contributed by atoms with E-state index in [1.807, 2.05) is 0 Å². The number of hydrogen-bond donors (Lipinski definition) is 2. The average Bonchev–Trinajstić information content (AvgIpc) is 3.18. The molecule has 4 heterocycles. The summed E-state index contributed by atoms with van der Waals surface area (Å²) in [6.07, 6.45) is 9.37. The zero-order chi connectivity index (χ0) is 24.4. The third-order valence-electron chi connectivity index (χ3n) is 7.13. The van der Waals surface area contributed by atoms with Crippen molar-refractivity contribution < 1.29 is 13.9 Å². The lowest BCUT2D eigenvalue weighted by Crippen LogP contribution is -2.51. The first-order chi connectivity index (χ1) is 16.9. The van der Waals surface area contributed by atoms with E-state index in [0.29, 0.717) is 56.3 Å². The number of terminal acetylenes is 1. The summed E-state index contributed by atoms with van der Waals surface area (Å²) in [4.78, 5) is 11.2. The molecule has 6 rings (SSSR count). The lowest BCUT2D eigenvalue weighted by molar-refractivity contribution is 0.464. The van der Waals surface area contributed by atoms with Crippen LogP contribution in [0, 0.1) is 30.9 Å². The van der Waals surface area contributed by atoms with Crippen LogP contribution in [0.5, 0.6) is 5.75 Å². The number of pyridine rings is 2. The Kier molecular flexibility index (Phi) is 5.06. The predicted octanol–water partition coefficient (Wildman–Crippen LogP) is 5.32. The monoisotopic (exact) mass is 490 g/mol. The van der Waals surface area contributed by atoms with E-state index in [9.17, 15) is 9.50 Å². The van der Waals surface area contributed by atoms with Crippen molar-refractivity contribution in [1.82, 2.24) is 15.3 Å². The molecule has 35 heavy (non-hydrogen) atoms. The summed E-state index contributed by atoms with van der Waals surface area (Å²) in [5, 5.41) is 15.7. The predicted molar refractivity (Wildman–Crippen MR) is 134 cm³/mol. The van der Waals surface area contributed by atoms with Gasteiger partial charge in [0, 0.05) is 53.1 Å². The topological polar surface area (TPSA) is 61.3 Å². The summed E-state index contributed by atoms with van der Waals surface area (Å²) >= 11 is 6.09. The van der Waals surface area contributed by atoms with E-state index in [1.54, 1.807) is 19.2 Å². The van der Waals surface area contributed by atoms with Gasteiger partial charge in [-0.15, -0.1) is 6.42 Å². The third kappa shape index (κ3) is 3.40. The summed E-state index contributed by atoms with van der Waals surface area (Å²) in [5.74, 6) is 1.79. The zero-order valence-corrected chi connectivity index (χ0v) is 19.6. The van der Waals surface area contributed by atoms with Crippen molar-refractivity contribution in [3.8, 4) is 29.4 Å². The normalized spacial score (nSPS) is 19.5. The van der Waals surface area contributed by atoms with Gasteiger partial charge in [-0.2, -0.15) is 0 Å². The highest BCUT2D eigenvalue weighted by Crippen LogP contribution is 2.42. The summed E-state index contributed by atoms with van der Waals surface area (Å²) < 4.78 is 30.2. The molecule has 2 N–H and O–H groups in total. The van der Waals surface area contributed by atoms with Crippen LogP contribution in [0.15, 0.2) is 30.5 Å². The minimum atomic E-state index is -0.641. The molecule has 4 aromatic rings. The van der Waals surface area contributed by atoms with Crippen LogP contribution in [0.2, 0.25) is 5.15 Å². The number of phenols is 1. The number of rotatable bonds is 2. The Morgan fingerprint density at radius 3 is 2.63 bits per heavy atom. The molecule has 2 fully saturated rings. The molecule has 0 spiro atoms. The molecule has 2 aliphatic heterocycles. The minimum absolute atomic E-state index is 0.0293. The summed E-state index contributed by atoms with van der Waals surface area (Å²) in [6.45, 7) is 3.17. The van der Waals surface area contributed by atoms with Gasteiger partial charge in [-0.3, -0.25) is 0 Å². The molecule has 2 aromatic heterocycles. The van der Waals surface area contributed by atoms with Crippen molar-refractivity contribution in [2.24, 2.45) is 0 Å². The van der Waals surface area contributed by atoms with Gasteiger partial charge in [0.05, 0.1) is 11.3 Å². The molecular formula is C27H21ClF2N4O. The van der Waals surface area contributed by atoms with E-state index >= 15 is 4.39 Å². The van der Waals surface area contributed by atoms with Crippen LogP contribution in [-0.2, 0) is 0 Å². The number of fused-ring (bicyclic) bond motifs is 4. The standard InChI is InChI=1S/C27H21ClF2N4O/c1-3-18-21(29)7-4-14-8-17(35)9-19(23(14)18)25-13(2)22-20(10-31-26(28)24(22)30)27(33-25)34-11-15-5-6-16(12-34)32-15/h1,4,7-10,15-16,32,35H,5-6,11-12H2,2H3. The van der Waals surface area contributed by atoms with Crippen molar-refractivity contribution in [3.05, 3.63) is 58.4 Å². The van der Waals surface area contributed by atoms with Gasteiger partial charge in [0.15, 0.2) is 11.0 Å². The van der Waals surface area contributed by atoms with Crippen LogP contribution in [0.1, 0.15) is 24.0 Å². The highest BCUT2D eigenvalue weighted by Gasteiger charge is 2.34. The average molecular weight is 491 g/mol. The number of aryl methyl sites for hydroxylation is 1. The van der Waals surface area contributed by atoms with E-state index < -0.39 is 11.6 Å². The molecule has 176 valence electrons. The van der Waals surface area contributed by atoms with Crippen LogP contribution in [0.4, 0.5) is 14.6 Å². The van der Waals surface area contributed by atoms with Gasteiger partial charge in [-0.25, -0.2) is 18.7 Å². The molecule has 2 aliphatic rings. The molecule has 2 unspecified atom stereocenters. The molecule has 5 nitrogen and oxygen atoms in total. The van der Waals surface area contributed by atoms with Gasteiger partial charge < -0.3 is 15.3 Å². The Bertz CT molecular complexity index is 1570. The lowest BCUT2D eigenvalue weighted by atomic mass is 9.93. The third-order valence-corrected chi connectivity index (χ3v) is 7.40. The number of nitrogens with zero attached hydrogens (tertiary/aromatic N) is 3. The number of aromatic nitrogens is 2. The van der Waals surface area contributed by atoms with Gasteiger partial charge in [0.2, 0.25) is 0 Å². The van der Waals surface area contributed by atoms with Gasteiger partial charge in [-0.1, -0.05) is 23.6 Å². The maximum absolute atomic E-state index is 15.5. The molecule has 0 saturated carbocycles. The van der Waals surface area contributed by atoms with Crippen LogP contribution in [0.3, 0.4) is 0 Å². The number of hydrogen-bond acceptors (Lipinski definition) is 5. The van der Waals surface area contributed by atoms with Crippen molar-refractivity contribution >= 4 is 39.0 Å². The summed E-state index contributed by atoms with van der Waals surface area (Å²) in [6, 6.07) is 6.49. The molecule has 0 aliphatic carbocycles. The Hall–Kier alpha value is -3.47. The number of nitrogens with one attached hydrogen (secondary N) is 1. The Balaban J connectivity index is 1.71. The van der Waals surface area contributed by atoms with Crippen LogP contribution < -0.4 is 10.2 Å². The van der Waals surface area contributed by atoms with Crippen molar-refractivity contribution in [2.75, 3.05) is 18.0 Å². The molecule has 2 bridgehead atoms. The Morgan fingerprint density at radius 1 is 1.17 bits per heavy atom. The van der Waals surface area contributed by atoms with E-state index in [2.05, 4.69) is 21.1 Å². The fourth-order valence-corrected chi connectivity index (χ4v) is 5.74. The number of halogens is 3.